The lowest BCUT2D eigenvalue weighted by Crippen LogP contribution is -2.40. The van der Waals surface area contributed by atoms with Gasteiger partial charge in [0, 0.05) is 13.1 Å². The molecule has 0 bridgehead atoms. The SMILES string of the molecule is O=C(OCCOc1ccccc1Cl)C1CCN(S(=O)(=O)c2ccccc2)CC1. The smallest absolute Gasteiger partial charge is 0.309 e. The van der Waals surface area contributed by atoms with Crippen molar-refractivity contribution >= 4 is 27.6 Å². The Hall–Kier alpha value is -2.09. The molecule has 0 atom stereocenters. The predicted molar refractivity (Wildman–Crippen MR) is 106 cm³/mol. The Morgan fingerprint density at radius 2 is 1.64 bits per heavy atom. The molecule has 0 spiro atoms. The van der Waals surface area contributed by atoms with Crippen LogP contribution in [0.3, 0.4) is 0 Å². The summed E-state index contributed by atoms with van der Waals surface area (Å²) < 4.78 is 37.4. The first-order valence-corrected chi connectivity index (χ1v) is 10.9. The minimum atomic E-state index is -3.52. The first-order valence-electron chi connectivity index (χ1n) is 9.07. The van der Waals surface area contributed by atoms with E-state index >= 15 is 0 Å². The van der Waals surface area contributed by atoms with Crippen LogP contribution in [0.5, 0.6) is 5.75 Å². The van der Waals surface area contributed by atoms with Gasteiger partial charge in [0.05, 0.1) is 15.8 Å². The Kier molecular flexibility index (Phi) is 6.93. The second kappa shape index (κ2) is 9.41. The number of hydrogen-bond donors (Lipinski definition) is 0. The molecule has 150 valence electrons. The highest BCUT2D eigenvalue weighted by atomic mass is 35.5. The Labute approximate surface area is 170 Å². The maximum absolute atomic E-state index is 12.6. The highest BCUT2D eigenvalue weighted by molar-refractivity contribution is 7.89. The van der Waals surface area contributed by atoms with Crippen molar-refractivity contribution < 1.29 is 22.7 Å². The van der Waals surface area contributed by atoms with Crippen LogP contribution in [0.2, 0.25) is 5.02 Å². The number of rotatable bonds is 7. The Morgan fingerprint density at radius 1 is 1.00 bits per heavy atom. The summed E-state index contributed by atoms with van der Waals surface area (Å²) in [6, 6.07) is 15.4. The van der Waals surface area contributed by atoms with Crippen LogP contribution in [0.25, 0.3) is 0 Å². The largest absolute Gasteiger partial charge is 0.488 e. The molecule has 2 aromatic carbocycles. The molecule has 3 rings (SSSR count). The van der Waals surface area contributed by atoms with Gasteiger partial charge < -0.3 is 9.47 Å². The van der Waals surface area contributed by atoms with E-state index in [0.29, 0.717) is 36.7 Å². The number of benzene rings is 2. The van der Waals surface area contributed by atoms with Gasteiger partial charge in [-0.05, 0) is 37.1 Å². The van der Waals surface area contributed by atoms with Crippen LogP contribution in [0.1, 0.15) is 12.8 Å². The highest BCUT2D eigenvalue weighted by Crippen LogP contribution is 2.25. The summed E-state index contributed by atoms with van der Waals surface area (Å²) in [7, 11) is -3.52. The molecule has 0 unspecified atom stereocenters. The van der Waals surface area contributed by atoms with Gasteiger partial charge in [-0.2, -0.15) is 4.31 Å². The Morgan fingerprint density at radius 3 is 2.32 bits per heavy atom. The van der Waals surface area contributed by atoms with Crippen molar-refractivity contribution in [3.63, 3.8) is 0 Å². The summed E-state index contributed by atoms with van der Waals surface area (Å²) in [6.45, 7) is 0.920. The lowest BCUT2D eigenvalue weighted by molar-refractivity contribution is -0.150. The molecule has 0 N–H and O–H groups in total. The van der Waals surface area contributed by atoms with Crippen molar-refractivity contribution in [3.05, 3.63) is 59.6 Å². The van der Waals surface area contributed by atoms with E-state index in [1.165, 1.54) is 4.31 Å². The Balaban J connectivity index is 1.43. The molecule has 2 aromatic rings. The molecule has 0 saturated carbocycles. The molecule has 0 amide bonds. The standard InChI is InChI=1S/C20H22ClNO5S/c21-18-8-4-5-9-19(18)26-14-15-27-20(23)16-10-12-22(13-11-16)28(24,25)17-6-2-1-3-7-17/h1-9,16H,10-15H2. The number of para-hydroxylation sites is 1. The lowest BCUT2D eigenvalue weighted by atomic mass is 9.98. The second-order valence-electron chi connectivity index (χ2n) is 6.44. The van der Waals surface area contributed by atoms with Crippen LogP contribution < -0.4 is 4.74 Å². The number of carbonyl (C=O) groups excluding carboxylic acids is 1. The fourth-order valence-electron chi connectivity index (χ4n) is 3.05. The zero-order valence-corrected chi connectivity index (χ0v) is 16.9. The number of nitrogens with zero attached hydrogens (tertiary/aromatic N) is 1. The van der Waals surface area contributed by atoms with Crippen molar-refractivity contribution in [2.45, 2.75) is 17.7 Å². The van der Waals surface area contributed by atoms with Crippen molar-refractivity contribution in [1.82, 2.24) is 4.31 Å². The third-order valence-electron chi connectivity index (χ3n) is 4.59. The fourth-order valence-corrected chi connectivity index (χ4v) is 4.73. The molecule has 1 fully saturated rings. The van der Waals surface area contributed by atoms with Gasteiger partial charge in [-0.15, -0.1) is 0 Å². The normalized spacial score (nSPS) is 15.9. The van der Waals surface area contributed by atoms with Gasteiger partial charge in [0.2, 0.25) is 10.0 Å². The number of ether oxygens (including phenoxy) is 2. The third kappa shape index (κ3) is 5.04. The van der Waals surface area contributed by atoms with Crippen molar-refractivity contribution in [1.29, 1.82) is 0 Å². The van der Waals surface area contributed by atoms with Gasteiger partial charge >= 0.3 is 5.97 Å². The van der Waals surface area contributed by atoms with Crippen LogP contribution >= 0.6 is 11.6 Å². The van der Waals surface area contributed by atoms with Gasteiger partial charge in [-0.3, -0.25) is 4.79 Å². The third-order valence-corrected chi connectivity index (χ3v) is 6.82. The zero-order valence-electron chi connectivity index (χ0n) is 15.3. The summed E-state index contributed by atoms with van der Waals surface area (Å²) in [6.07, 6.45) is 0.881. The van der Waals surface area contributed by atoms with Gasteiger partial charge in [-0.25, -0.2) is 8.42 Å². The first-order chi connectivity index (χ1) is 13.5. The average molecular weight is 424 g/mol. The molecule has 28 heavy (non-hydrogen) atoms. The maximum atomic E-state index is 12.6. The van der Waals surface area contributed by atoms with Crippen LogP contribution in [0.4, 0.5) is 0 Å². The van der Waals surface area contributed by atoms with Crippen LogP contribution in [-0.2, 0) is 19.6 Å². The van der Waals surface area contributed by atoms with E-state index in [9.17, 15) is 13.2 Å². The van der Waals surface area contributed by atoms with E-state index < -0.39 is 10.0 Å². The monoisotopic (exact) mass is 423 g/mol. The quantitative estimate of drug-likeness (QED) is 0.504. The molecular weight excluding hydrogens is 402 g/mol. The number of halogens is 1. The van der Waals surface area contributed by atoms with Crippen molar-refractivity contribution in [2.75, 3.05) is 26.3 Å². The average Bonchev–Trinajstić information content (AvgIpc) is 2.73. The van der Waals surface area contributed by atoms with Gasteiger partial charge in [0.15, 0.2) is 0 Å². The van der Waals surface area contributed by atoms with E-state index in [4.69, 9.17) is 21.1 Å². The van der Waals surface area contributed by atoms with Gasteiger partial charge in [0.25, 0.3) is 0 Å². The second-order valence-corrected chi connectivity index (χ2v) is 8.78. The lowest BCUT2D eigenvalue weighted by Gasteiger charge is -2.30. The summed E-state index contributed by atoms with van der Waals surface area (Å²) in [5, 5.41) is 0.501. The molecule has 1 heterocycles. The topological polar surface area (TPSA) is 72.9 Å². The summed E-state index contributed by atoms with van der Waals surface area (Å²) in [4.78, 5) is 12.5. The van der Waals surface area contributed by atoms with E-state index in [-0.39, 0.29) is 30.0 Å². The number of hydrogen-bond acceptors (Lipinski definition) is 5. The van der Waals surface area contributed by atoms with E-state index in [1.807, 2.05) is 6.07 Å². The minimum absolute atomic E-state index is 0.118. The summed E-state index contributed by atoms with van der Waals surface area (Å²) >= 11 is 6.00. The van der Waals surface area contributed by atoms with Gasteiger partial charge in [0.1, 0.15) is 19.0 Å². The van der Waals surface area contributed by atoms with Crippen molar-refractivity contribution in [3.8, 4) is 5.75 Å². The predicted octanol–water partition coefficient (Wildman–Crippen LogP) is 3.36. The van der Waals surface area contributed by atoms with Crippen molar-refractivity contribution in [2.24, 2.45) is 5.92 Å². The first kappa shape index (κ1) is 20.6. The molecule has 1 aliphatic heterocycles. The highest BCUT2D eigenvalue weighted by Gasteiger charge is 2.32. The zero-order chi connectivity index (χ0) is 20.0. The van der Waals surface area contributed by atoms with Gasteiger partial charge in [-0.1, -0.05) is 41.9 Å². The molecule has 1 aliphatic rings. The Bertz CT molecular complexity index is 896. The number of esters is 1. The van der Waals surface area contributed by atoms with E-state index in [2.05, 4.69) is 0 Å². The van der Waals surface area contributed by atoms with Crippen LogP contribution in [0.15, 0.2) is 59.5 Å². The maximum Gasteiger partial charge on any atom is 0.309 e. The molecule has 0 radical (unpaired) electrons. The number of carbonyl (C=O) groups is 1. The van der Waals surface area contributed by atoms with Crippen LogP contribution in [-0.4, -0.2) is 45.0 Å². The molecular formula is C20H22ClNO5S. The molecule has 6 nitrogen and oxygen atoms in total. The number of sulfonamides is 1. The minimum Gasteiger partial charge on any atom is -0.488 e. The van der Waals surface area contributed by atoms with E-state index in [1.54, 1.807) is 48.5 Å². The van der Waals surface area contributed by atoms with Crippen LogP contribution in [0, 0.1) is 5.92 Å². The molecule has 8 heteroatoms. The van der Waals surface area contributed by atoms with E-state index in [0.717, 1.165) is 0 Å². The molecule has 0 aliphatic carbocycles. The molecule has 0 aromatic heterocycles. The summed E-state index contributed by atoms with van der Waals surface area (Å²) in [5.41, 5.74) is 0. The fraction of sp³-hybridized carbons (Fsp3) is 0.350. The molecule has 1 saturated heterocycles. The summed E-state index contributed by atoms with van der Waals surface area (Å²) in [5.74, 6) is -0.0818. The number of piperidine rings is 1.